The zero-order valence-electron chi connectivity index (χ0n) is 40.2. The highest BCUT2D eigenvalue weighted by Crippen LogP contribution is 2.16. The molecular formula is C54H100O6. The summed E-state index contributed by atoms with van der Waals surface area (Å²) < 4.78 is 16.7. The molecule has 0 heterocycles. The van der Waals surface area contributed by atoms with Crippen LogP contribution in [0.15, 0.2) is 24.3 Å². The molecule has 352 valence electrons. The Hall–Kier alpha value is -2.11. The zero-order valence-corrected chi connectivity index (χ0v) is 40.2. The first kappa shape index (κ1) is 57.9. The van der Waals surface area contributed by atoms with Gasteiger partial charge in [0.1, 0.15) is 13.2 Å². The molecule has 0 spiro atoms. The van der Waals surface area contributed by atoms with Crippen LogP contribution in [0.25, 0.3) is 0 Å². The Labute approximate surface area is 373 Å². The summed E-state index contributed by atoms with van der Waals surface area (Å²) in [6.45, 7) is 6.60. The van der Waals surface area contributed by atoms with Crippen LogP contribution in [0, 0.1) is 0 Å². The first-order valence-electron chi connectivity index (χ1n) is 26.3. The number of hydrogen-bond donors (Lipinski definition) is 0. The lowest BCUT2D eigenvalue weighted by molar-refractivity contribution is -0.166. The van der Waals surface area contributed by atoms with Gasteiger partial charge in [0.15, 0.2) is 6.10 Å². The molecule has 0 bridgehead atoms. The van der Waals surface area contributed by atoms with Crippen molar-refractivity contribution in [2.24, 2.45) is 0 Å². The van der Waals surface area contributed by atoms with E-state index in [1.807, 2.05) is 0 Å². The van der Waals surface area contributed by atoms with Gasteiger partial charge in [-0.05, 0) is 44.9 Å². The molecule has 0 saturated carbocycles. The van der Waals surface area contributed by atoms with E-state index in [9.17, 15) is 14.4 Å². The number of carbonyl (C=O) groups is 3. The summed E-state index contributed by atoms with van der Waals surface area (Å²) in [5, 5.41) is 0. The van der Waals surface area contributed by atoms with Crippen LogP contribution in [0.2, 0.25) is 0 Å². The molecular weight excluding hydrogens is 745 g/mol. The summed E-state index contributed by atoms with van der Waals surface area (Å²) in [5.74, 6) is -0.982. The second kappa shape index (κ2) is 49.5. The van der Waals surface area contributed by atoms with E-state index in [4.69, 9.17) is 14.2 Å². The van der Waals surface area contributed by atoms with E-state index in [0.29, 0.717) is 19.3 Å². The van der Waals surface area contributed by atoms with E-state index >= 15 is 0 Å². The Morgan fingerprint density at radius 1 is 0.317 bits per heavy atom. The molecule has 0 aliphatic heterocycles. The van der Waals surface area contributed by atoms with Gasteiger partial charge in [-0.1, -0.05) is 244 Å². The lowest BCUT2D eigenvalue weighted by Crippen LogP contribution is -2.30. The first-order chi connectivity index (χ1) is 29.5. The predicted octanol–water partition coefficient (Wildman–Crippen LogP) is 17.2. The summed E-state index contributed by atoms with van der Waals surface area (Å²) >= 11 is 0. The normalized spacial score (nSPS) is 12.1. The third-order valence-electron chi connectivity index (χ3n) is 11.7. The summed E-state index contributed by atoms with van der Waals surface area (Å²) in [4.78, 5) is 37.9. The van der Waals surface area contributed by atoms with Gasteiger partial charge in [0.05, 0.1) is 0 Å². The van der Waals surface area contributed by atoms with Crippen molar-refractivity contribution in [3.63, 3.8) is 0 Å². The maximum absolute atomic E-state index is 12.8. The van der Waals surface area contributed by atoms with Gasteiger partial charge in [-0.15, -0.1) is 0 Å². The fourth-order valence-electron chi connectivity index (χ4n) is 7.71. The Bertz CT molecular complexity index is 973. The lowest BCUT2D eigenvalue weighted by Gasteiger charge is -2.18. The van der Waals surface area contributed by atoms with Crippen LogP contribution in [-0.4, -0.2) is 37.2 Å². The van der Waals surface area contributed by atoms with Crippen molar-refractivity contribution in [2.75, 3.05) is 13.2 Å². The molecule has 0 aliphatic carbocycles. The number of ether oxygens (including phenoxy) is 3. The van der Waals surface area contributed by atoms with E-state index < -0.39 is 6.10 Å². The summed E-state index contributed by atoms with van der Waals surface area (Å²) in [5.41, 5.74) is 0. The number of unbranched alkanes of at least 4 members (excludes halogenated alkanes) is 33. The molecule has 0 aromatic rings. The largest absolute Gasteiger partial charge is 0.462 e. The monoisotopic (exact) mass is 845 g/mol. The van der Waals surface area contributed by atoms with E-state index in [-0.39, 0.29) is 44.0 Å². The average molecular weight is 845 g/mol. The minimum absolute atomic E-state index is 0.0936. The van der Waals surface area contributed by atoms with Crippen molar-refractivity contribution in [3.8, 4) is 0 Å². The fourth-order valence-corrected chi connectivity index (χ4v) is 7.71. The van der Waals surface area contributed by atoms with Gasteiger partial charge < -0.3 is 14.2 Å². The van der Waals surface area contributed by atoms with Crippen LogP contribution >= 0.6 is 0 Å². The predicted molar refractivity (Wildman–Crippen MR) is 256 cm³/mol. The fraction of sp³-hybridized carbons (Fsp3) is 0.870. The molecule has 0 amide bonds. The van der Waals surface area contributed by atoms with Gasteiger partial charge in [-0.25, -0.2) is 0 Å². The maximum Gasteiger partial charge on any atom is 0.306 e. The second-order valence-corrected chi connectivity index (χ2v) is 17.8. The van der Waals surface area contributed by atoms with Crippen molar-refractivity contribution in [3.05, 3.63) is 24.3 Å². The summed E-state index contributed by atoms with van der Waals surface area (Å²) in [6.07, 6.45) is 56.1. The topological polar surface area (TPSA) is 78.9 Å². The maximum atomic E-state index is 12.8. The van der Waals surface area contributed by atoms with Gasteiger partial charge in [0.2, 0.25) is 0 Å². The van der Waals surface area contributed by atoms with Gasteiger partial charge in [-0.3, -0.25) is 14.4 Å². The molecule has 0 aromatic heterocycles. The summed E-state index contributed by atoms with van der Waals surface area (Å²) in [7, 11) is 0. The highest BCUT2D eigenvalue weighted by molar-refractivity contribution is 5.71. The van der Waals surface area contributed by atoms with Gasteiger partial charge in [0, 0.05) is 19.3 Å². The molecule has 1 atom stereocenters. The van der Waals surface area contributed by atoms with Crippen molar-refractivity contribution in [1.82, 2.24) is 0 Å². The molecule has 0 aliphatic rings. The van der Waals surface area contributed by atoms with Gasteiger partial charge in [0.25, 0.3) is 0 Å². The van der Waals surface area contributed by atoms with Crippen LogP contribution in [0.1, 0.15) is 284 Å². The van der Waals surface area contributed by atoms with Gasteiger partial charge in [-0.2, -0.15) is 0 Å². The van der Waals surface area contributed by atoms with Crippen molar-refractivity contribution in [1.29, 1.82) is 0 Å². The van der Waals surface area contributed by atoms with Crippen LogP contribution < -0.4 is 0 Å². The molecule has 0 fully saturated rings. The van der Waals surface area contributed by atoms with Crippen molar-refractivity contribution < 1.29 is 28.6 Å². The number of allylic oxidation sites excluding steroid dienone is 4. The number of rotatable bonds is 48. The quantitative estimate of drug-likeness (QED) is 0.0263. The van der Waals surface area contributed by atoms with E-state index in [0.717, 1.165) is 32.1 Å². The Kier molecular flexibility index (Phi) is 47.8. The van der Waals surface area contributed by atoms with Crippen molar-refractivity contribution in [2.45, 2.75) is 290 Å². The van der Waals surface area contributed by atoms with E-state index in [2.05, 4.69) is 45.1 Å². The Balaban J connectivity index is 4.40. The average Bonchev–Trinajstić information content (AvgIpc) is 3.24. The smallest absolute Gasteiger partial charge is 0.306 e. The molecule has 0 radical (unpaired) electrons. The number of carbonyl (C=O) groups excluding carboxylic acids is 3. The van der Waals surface area contributed by atoms with Crippen LogP contribution in [-0.2, 0) is 28.6 Å². The zero-order chi connectivity index (χ0) is 43.7. The Morgan fingerprint density at radius 2 is 0.583 bits per heavy atom. The third-order valence-corrected chi connectivity index (χ3v) is 11.7. The molecule has 0 N–H and O–H groups in total. The van der Waals surface area contributed by atoms with E-state index in [1.165, 1.54) is 199 Å². The minimum atomic E-state index is -0.802. The molecule has 0 saturated heterocycles. The molecule has 6 heteroatoms. The highest BCUT2D eigenvalue weighted by atomic mass is 16.6. The van der Waals surface area contributed by atoms with Crippen LogP contribution in [0.3, 0.4) is 0 Å². The van der Waals surface area contributed by atoms with Gasteiger partial charge >= 0.3 is 17.9 Å². The van der Waals surface area contributed by atoms with E-state index in [1.54, 1.807) is 0 Å². The standard InChI is InChI=1S/C54H100O6/c1-4-7-10-13-16-19-22-25-27-29-32-35-38-41-44-47-53(56)59-50-51(49-58-52(55)46-43-40-37-34-31-24-21-18-15-12-9-6-3)60-54(57)48-45-42-39-36-33-30-28-26-23-20-17-14-11-8-5-2/h38-39,41-42,51H,4-37,40,43-50H2,1-3H3. The molecule has 1 unspecified atom stereocenters. The molecule has 6 nitrogen and oxygen atoms in total. The highest BCUT2D eigenvalue weighted by Gasteiger charge is 2.19. The molecule has 0 rings (SSSR count). The number of hydrogen-bond acceptors (Lipinski definition) is 6. The minimum Gasteiger partial charge on any atom is -0.462 e. The first-order valence-corrected chi connectivity index (χ1v) is 26.3. The van der Waals surface area contributed by atoms with Crippen LogP contribution in [0.5, 0.6) is 0 Å². The lowest BCUT2D eigenvalue weighted by atomic mass is 10.0. The SMILES string of the molecule is CCCCCCCCCCCCCC=CCCC(=O)OCC(COC(=O)CCCCCCCCCCCCCC)OC(=O)CCC=CCCCCCCCCCCCCC. The number of esters is 3. The third kappa shape index (κ3) is 46.9. The molecule has 0 aromatic carbocycles. The Morgan fingerprint density at radius 3 is 0.933 bits per heavy atom. The summed E-state index contributed by atoms with van der Waals surface area (Å²) in [6, 6.07) is 0. The molecule has 60 heavy (non-hydrogen) atoms. The van der Waals surface area contributed by atoms with Crippen molar-refractivity contribution >= 4 is 17.9 Å². The second-order valence-electron chi connectivity index (χ2n) is 17.8. The van der Waals surface area contributed by atoms with Crippen LogP contribution in [0.4, 0.5) is 0 Å².